The lowest BCUT2D eigenvalue weighted by atomic mass is 10.2. The number of hydrogen-bond acceptors (Lipinski definition) is 3. The van der Waals surface area contributed by atoms with Gasteiger partial charge in [-0.25, -0.2) is 0 Å². The molecule has 78 valence electrons. The number of rotatable bonds is 5. The second-order valence-electron chi connectivity index (χ2n) is 3.75. The summed E-state index contributed by atoms with van der Waals surface area (Å²) in [5.41, 5.74) is 1.32. The number of benzene rings is 1. The third kappa shape index (κ3) is 3.58. The fourth-order valence-corrected chi connectivity index (χ4v) is 1.93. The molecule has 0 saturated heterocycles. The highest BCUT2D eigenvalue weighted by Gasteiger charge is 2.19. The molecule has 0 radical (unpaired) electrons. The quantitative estimate of drug-likeness (QED) is 0.771. The van der Waals surface area contributed by atoms with Gasteiger partial charge >= 0.3 is 0 Å². The van der Waals surface area contributed by atoms with E-state index in [0.29, 0.717) is 5.75 Å². The normalized spacial score (nSPS) is 14.9. The Hall–Kier alpha value is -0.980. The van der Waals surface area contributed by atoms with Crippen LogP contribution in [0.25, 0.3) is 0 Å². The first kappa shape index (κ1) is 10.5. The Kier molecular flexibility index (Phi) is 3.65. The van der Waals surface area contributed by atoms with Crippen molar-refractivity contribution in [2.24, 2.45) is 0 Å². The molecule has 2 rings (SSSR count). The molecule has 1 fully saturated rings. The summed E-state index contributed by atoms with van der Waals surface area (Å²) in [5, 5.41) is 11.9. The third-order valence-electron chi connectivity index (χ3n) is 2.40. The second-order valence-corrected chi connectivity index (χ2v) is 4.79. The number of nitrogens with zero attached hydrogens (tertiary/aromatic N) is 1. The Morgan fingerprint density at radius 1 is 1.33 bits per heavy atom. The first-order valence-corrected chi connectivity index (χ1v) is 6.19. The van der Waals surface area contributed by atoms with E-state index in [0.717, 1.165) is 12.6 Å². The average molecular weight is 218 g/mol. The maximum absolute atomic E-state index is 8.45. The molecule has 0 heterocycles. The van der Waals surface area contributed by atoms with Crippen molar-refractivity contribution in [2.75, 3.05) is 5.75 Å². The Morgan fingerprint density at radius 2 is 2.07 bits per heavy atom. The van der Waals surface area contributed by atoms with Crippen LogP contribution in [0.5, 0.6) is 0 Å². The van der Waals surface area contributed by atoms with Crippen molar-refractivity contribution in [1.82, 2.24) is 5.32 Å². The van der Waals surface area contributed by atoms with E-state index in [1.54, 1.807) is 11.8 Å². The molecule has 0 unspecified atom stereocenters. The summed E-state index contributed by atoms with van der Waals surface area (Å²) in [5.74, 6) is 0.527. The van der Waals surface area contributed by atoms with Crippen LogP contribution in [-0.2, 0) is 6.54 Å². The van der Waals surface area contributed by atoms with Crippen molar-refractivity contribution in [2.45, 2.75) is 30.3 Å². The van der Waals surface area contributed by atoms with Crippen molar-refractivity contribution in [3.63, 3.8) is 0 Å². The van der Waals surface area contributed by atoms with Gasteiger partial charge in [-0.05, 0) is 30.5 Å². The van der Waals surface area contributed by atoms with E-state index in [4.69, 9.17) is 5.26 Å². The van der Waals surface area contributed by atoms with Crippen LogP contribution in [0, 0.1) is 11.3 Å². The zero-order valence-electron chi connectivity index (χ0n) is 8.57. The standard InChI is InChI=1S/C12H14N2S/c13-7-8-15-12-5-1-10(2-6-12)9-14-11-3-4-11/h1-2,5-6,11,14H,3-4,8-9H2. The van der Waals surface area contributed by atoms with Crippen LogP contribution >= 0.6 is 11.8 Å². The second kappa shape index (κ2) is 5.20. The number of hydrogen-bond donors (Lipinski definition) is 1. The summed E-state index contributed by atoms with van der Waals surface area (Å²) < 4.78 is 0. The van der Waals surface area contributed by atoms with E-state index >= 15 is 0 Å². The highest BCUT2D eigenvalue weighted by molar-refractivity contribution is 7.99. The minimum Gasteiger partial charge on any atom is -0.310 e. The molecule has 1 aromatic rings. The molecule has 0 atom stereocenters. The number of nitriles is 1. The minimum atomic E-state index is 0.527. The van der Waals surface area contributed by atoms with Crippen LogP contribution in [0.2, 0.25) is 0 Å². The summed E-state index contributed by atoms with van der Waals surface area (Å²) in [6, 6.07) is 11.3. The Balaban J connectivity index is 1.82. The van der Waals surface area contributed by atoms with Gasteiger partial charge in [-0.15, -0.1) is 11.8 Å². The summed E-state index contributed by atoms with van der Waals surface area (Å²) in [6.45, 7) is 0.966. The van der Waals surface area contributed by atoms with Crippen LogP contribution in [0.4, 0.5) is 0 Å². The van der Waals surface area contributed by atoms with Gasteiger partial charge in [-0.2, -0.15) is 5.26 Å². The molecule has 2 nitrogen and oxygen atoms in total. The smallest absolute Gasteiger partial charge is 0.0855 e. The van der Waals surface area contributed by atoms with Gasteiger partial charge in [0.05, 0.1) is 11.8 Å². The highest BCUT2D eigenvalue weighted by Crippen LogP contribution is 2.20. The maximum Gasteiger partial charge on any atom is 0.0855 e. The molecule has 1 saturated carbocycles. The SMILES string of the molecule is N#CCSc1ccc(CNC2CC2)cc1. The Bertz CT molecular complexity index is 349. The topological polar surface area (TPSA) is 35.8 Å². The predicted molar refractivity (Wildman–Crippen MR) is 62.6 cm³/mol. The molecule has 1 aliphatic carbocycles. The molecule has 0 aliphatic heterocycles. The van der Waals surface area contributed by atoms with Crippen LogP contribution in [0.1, 0.15) is 18.4 Å². The summed E-state index contributed by atoms with van der Waals surface area (Å²) in [7, 11) is 0. The van der Waals surface area contributed by atoms with E-state index < -0.39 is 0 Å². The van der Waals surface area contributed by atoms with Crippen LogP contribution in [0.3, 0.4) is 0 Å². The Labute approximate surface area is 94.7 Å². The molecular formula is C12H14N2S. The van der Waals surface area contributed by atoms with Gasteiger partial charge in [0.15, 0.2) is 0 Å². The predicted octanol–water partition coefficient (Wildman–Crippen LogP) is 2.55. The van der Waals surface area contributed by atoms with Crippen molar-refractivity contribution < 1.29 is 0 Å². The van der Waals surface area contributed by atoms with Gasteiger partial charge < -0.3 is 5.32 Å². The van der Waals surface area contributed by atoms with E-state index in [-0.39, 0.29) is 0 Å². The van der Waals surface area contributed by atoms with Crippen LogP contribution in [0.15, 0.2) is 29.2 Å². The lowest BCUT2D eigenvalue weighted by molar-refractivity contribution is 0.687. The number of thioether (sulfide) groups is 1. The molecule has 0 aromatic heterocycles. The first-order valence-electron chi connectivity index (χ1n) is 5.20. The van der Waals surface area contributed by atoms with Gasteiger partial charge in [0.2, 0.25) is 0 Å². The van der Waals surface area contributed by atoms with Crippen LogP contribution in [-0.4, -0.2) is 11.8 Å². The maximum atomic E-state index is 8.45. The zero-order chi connectivity index (χ0) is 10.5. The van der Waals surface area contributed by atoms with Crippen molar-refractivity contribution in [3.8, 4) is 6.07 Å². The van der Waals surface area contributed by atoms with E-state index in [9.17, 15) is 0 Å². The minimum absolute atomic E-state index is 0.527. The Morgan fingerprint density at radius 3 is 2.67 bits per heavy atom. The van der Waals surface area contributed by atoms with Crippen molar-refractivity contribution in [3.05, 3.63) is 29.8 Å². The fourth-order valence-electron chi connectivity index (χ4n) is 1.37. The molecule has 0 bridgehead atoms. The van der Waals surface area contributed by atoms with Crippen LogP contribution < -0.4 is 5.32 Å². The summed E-state index contributed by atoms with van der Waals surface area (Å²) in [4.78, 5) is 1.17. The lowest BCUT2D eigenvalue weighted by Crippen LogP contribution is -2.14. The molecule has 1 aromatic carbocycles. The fraction of sp³-hybridized carbons (Fsp3) is 0.417. The van der Waals surface area contributed by atoms with Crippen molar-refractivity contribution in [1.29, 1.82) is 5.26 Å². The molecular weight excluding hydrogens is 204 g/mol. The summed E-state index contributed by atoms with van der Waals surface area (Å²) in [6.07, 6.45) is 2.66. The molecule has 3 heteroatoms. The highest BCUT2D eigenvalue weighted by atomic mass is 32.2. The van der Waals surface area contributed by atoms with Crippen molar-refractivity contribution >= 4 is 11.8 Å². The summed E-state index contributed by atoms with van der Waals surface area (Å²) >= 11 is 1.58. The first-order chi connectivity index (χ1) is 7.38. The van der Waals surface area contributed by atoms with Gasteiger partial charge in [0.25, 0.3) is 0 Å². The van der Waals surface area contributed by atoms with Gasteiger partial charge in [0.1, 0.15) is 0 Å². The van der Waals surface area contributed by atoms with Gasteiger partial charge in [-0.1, -0.05) is 12.1 Å². The molecule has 15 heavy (non-hydrogen) atoms. The monoisotopic (exact) mass is 218 g/mol. The van der Waals surface area contributed by atoms with E-state index in [1.807, 2.05) is 0 Å². The molecule has 1 N–H and O–H groups in total. The van der Waals surface area contributed by atoms with E-state index in [1.165, 1.54) is 23.3 Å². The van der Waals surface area contributed by atoms with Gasteiger partial charge in [-0.3, -0.25) is 0 Å². The number of nitrogens with one attached hydrogen (secondary N) is 1. The largest absolute Gasteiger partial charge is 0.310 e. The lowest BCUT2D eigenvalue weighted by Gasteiger charge is -2.03. The molecule has 0 amide bonds. The molecule has 1 aliphatic rings. The van der Waals surface area contributed by atoms with E-state index in [2.05, 4.69) is 35.7 Å². The average Bonchev–Trinajstić information content (AvgIpc) is 3.09. The van der Waals surface area contributed by atoms with Gasteiger partial charge in [0, 0.05) is 17.5 Å². The zero-order valence-corrected chi connectivity index (χ0v) is 9.39. The third-order valence-corrected chi connectivity index (χ3v) is 3.28. The molecule has 0 spiro atoms.